The van der Waals surface area contributed by atoms with Crippen molar-refractivity contribution in [2.24, 2.45) is 4.99 Å². The summed E-state index contributed by atoms with van der Waals surface area (Å²) >= 11 is 7.30. The minimum Gasteiger partial charge on any atom is -0.266 e. The van der Waals surface area contributed by atoms with Crippen LogP contribution >= 0.6 is 23.4 Å². The molecule has 24 heavy (non-hydrogen) atoms. The number of anilines is 1. The first-order valence-corrected chi connectivity index (χ1v) is 8.74. The van der Waals surface area contributed by atoms with Crippen molar-refractivity contribution in [3.05, 3.63) is 70.6 Å². The van der Waals surface area contributed by atoms with Crippen molar-refractivity contribution < 1.29 is 9.18 Å². The highest BCUT2D eigenvalue weighted by Crippen LogP contribution is 2.31. The molecule has 0 aliphatic carbocycles. The number of carbonyl (C=O) groups is 1. The summed E-state index contributed by atoms with van der Waals surface area (Å²) in [6.07, 6.45) is 1.74. The summed E-state index contributed by atoms with van der Waals surface area (Å²) in [5.41, 5.74) is 1.74. The number of aliphatic imine (C=N–C) groups is 1. The predicted octanol–water partition coefficient (Wildman–Crippen LogP) is 4.98. The van der Waals surface area contributed by atoms with Gasteiger partial charge in [-0.2, -0.15) is 0 Å². The monoisotopic (exact) mass is 360 g/mol. The van der Waals surface area contributed by atoms with E-state index in [0.29, 0.717) is 16.6 Å². The number of amides is 1. The minimum atomic E-state index is -0.520. The van der Waals surface area contributed by atoms with Crippen LogP contribution in [0.25, 0.3) is 6.08 Å². The lowest BCUT2D eigenvalue weighted by Gasteiger charge is -2.17. The van der Waals surface area contributed by atoms with Crippen molar-refractivity contribution in [1.82, 2.24) is 0 Å². The van der Waals surface area contributed by atoms with Gasteiger partial charge in [-0.05, 0) is 35.6 Å². The van der Waals surface area contributed by atoms with Crippen molar-refractivity contribution in [3.8, 4) is 0 Å². The van der Waals surface area contributed by atoms with Crippen LogP contribution in [-0.4, -0.2) is 16.8 Å². The number of carbonyl (C=O) groups excluding carboxylic acids is 1. The molecule has 0 unspecified atom stereocenters. The Balaban J connectivity index is 2.00. The molecule has 3 nitrogen and oxygen atoms in total. The second-order valence-electron chi connectivity index (χ2n) is 5.01. The average Bonchev–Trinajstić information content (AvgIpc) is 2.87. The van der Waals surface area contributed by atoms with Gasteiger partial charge in [-0.3, -0.25) is 9.69 Å². The van der Waals surface area contributed by atoms with Gasteiger partial charge in [0.2, 0.25) is 0 Å². The zero-order valence-corrected chi connectivity index (χ0v) is 14.4. The Labute approximate surface area is 148 Å². The first kappa shape index (κ1) is 16.7. The molecule has 0 bridgehead atoms. The molecule has 0 N–H and O–H groups in total. The molecule has 122 valence electrons. The Morgan fingerprint density at radius 1 is 1.25 bits per heavy atom. The summed E-state index contributed by atoms with van der Waals surface area (Å²) in [4.78, 5) is 18.7. The van der Waals surface area contributed by atoms with E-state index in [1.54, 1.807) is 6.08 Å². The Morgan fingerprint density at radius 3 is 2.67 bits per heavy atom. The quantitative estimate of drug-likeness (QED) is 0.723. The first-order chi connectivity index (χ1) is 11.6. The lowest BCUT2D eigenvalue weighted by Crippen LogP contribution is -2.30. The molecule has 2 aromatic carbocycles. The minimum absolute atomic E-state index is 0.0263. The Kier molecular flexibility index (Phi) is 5.02. The van der Waals surface area contributed by atoms with Crippen LogP contribution in [0.3, 0.4) is 0 Å². The summed E-state index contributed by atoms with van der Waals surface area (Å²) in [5.74, 6) is -0.0119. The fourth-order valence-corrected chi connectivity index (χ4v) is 3.19. The van der Waals surface area contributed by atoms with Gasteiger partial charge in [0.1, 0.15) is 11.5 Å². The van der Waals surface area contributed by atoms with Gasteiger partial charge >= 0.3 is 0 Å². The van der Waals surface area contributed by atoms with E-state index in [-0.39, 0.29) is 10.9 Å². The van der Waals surface area contributed by atoms with Crippen molar-refractivity contribution >= 4 is 46.2 Å². The maximum atomic E-state index is 13.4. The molecule has 1 aliphatic rings. The molecule has 3 rings (SSSR count). The highest BCUT2D eigenvalue weighted by atomic mass is 35.5. The number of amidine groups is 1. The molecule has 0 saturated carbocycles. The van der Waals surface area contributed by atoms with E-state index in [9.17, 15) is 9.18 Å². The largest absolute Gasteiger partial charge is 0.283 e. The van der Waals surface area contributed by atoms with E-state index in [4.69, 9.17) is 11.6 Å². The second-order valence-corrected chi connectivity index (χ2v) is 6.65. The predicted molar refractivity (Wildman–Crippen MR) is 98.9 cm³/mol. The van der Waals surface area contributed by atoms with Crippen molar-refractivity contribution in [2.75, 3.05) is 10.7 Å². The first-order valence-electron chi connectivity index (χ1n) is 7.38. The molecular weight excluding hydrogens is 347 g/mol. The maximum Gasteiger partial charge on any atom is 0.283 e. The summed E-state index contributed by atoms with van der Waals surface area (Å²) in [6, 6.07) is 13.7. The van der Waals surface area contributed by atoms with Crippen LogP contribution in [0, 0.1) is 5.82 Å². The van der Waals surface area contributed by atoms with Crippen LogP contribution in [0.4, 0.5) is 10.1 Å². The average molecular weight is 361 g/mol. The van der Waals surface area contributed by atoms with Gasteiger partial charge in [-0.15, -0.1) is 0 Å². The smallest absolute Gasteiger partial charge is 0.266 e. The molecule has 0 atom stereocenters. The Morgan fingerprint density at radius 2 is 2.00 bits per heavy atom. The van der Waals surface area contributed by atoms with Gasteiger partial charge in [0.25, 0.3) is 5.91 Å². The van der Waals surface area contributed by atoms with Gasteiger partial charge in [-0.25, -0.2) is 9.38 Å². The van der Waals surface area contributed by atoms with Crippen LogP contribution in [0.1, 0.15) is 12.5 Å². The number of hydrogen-bond acceptors (Lipinski definition) is 3. The molecule has 2 aromatic rings. The molecule has 6 heteroatoms. The standard InChI is InChI=1S/C18H14ClFN2OS/c1-2-24-18-21-16(10-12-6-4-3-5-7-12)17(23)22(18)13-8-9-15(20)14(19)11-13/h3-11H,2H2,1H3/b16-10+. The van der Waals surface area contributed by atoms with E-state index in [1.807, 2.05) is 37.3 Å². The molecule has 0 saturated heterocycles. The normalized spacial score (nSPS) is 16.0. The number of halogens is 2. The molecule has 1 amide bonds. The molecule has 0 aromatic heterocycles. The lowest BCUT2D eigenvalue weighted by molar-refractivity contribution is -0.113. The van der Waals surface area contributed by atoms with Crippen molar-refractivity contribution in [1.29, 1.82) is 0 Å². The third-order valence-corrected chi connectivity index (χ3v) is 4.48. The number of rotatable bonds is 3. The SMILES string of the molecule is CCSC1=N/C(=C/c2ccccc2)C(=O)N1c1ccc(F)c(Cl)c1. The number of benzene rings is 2. The Hall–Kier alpha value is -2.11. The van der Waals surface area contributed by atoms with Crippen LogP contribution < -0.4 is 4.90 Å². The van der Waals surface area contributed by atoms with Crippen molar-refractivity contribution in [3.63, 3.8) is 0 Å². The summed E-state index contributed by atoms with van der Waals surface area (Å²) < 4.78 is 13.4. The molecule has 0 spiro atoms. The third kappa shape index (κ3) is 3.37. The third-order valence-electron chi connectivity index (χ3n) is 3.37. The van der Waals surface area contributed by atoms with Crippen LogP contribution in [-0.2, 0) is 4.79 Å². The van der Waals surface area contributed by atoms with E-state index in [0.717, 1.165) is 11.3 Å². The fourth-order valence-electron chi connectivity index (χ4n) is 2.28. The highest BCUT2D eigenvalue weighted by molar-refractivity contribution is 8.14. The van der Waals surface area contributed by atoms with E-state index in [1.165, 1.54) is 34.9 Å². The number of thioether (sulfide) groups is 1. The zero-order valence-electron chi connectivity index (χ0n) is 12.9. The van der Waals surface area contributed by atoms with Gasteiger partial charge in [0.05, 0.1) is 10.7 Å². The highest BCUT2D eigenvalue weighted by Gasteiger charge is 2.31. The van der Waals surface area contributed by atoms with E-state index in [2.05, 4.69) is 4.99 Å². The van der Waals surface area contributed by atoms with E-state index >= 15 is 0 Å². The van der Waals surface area contributed by atoms with E-state index < -0.39 is 5.82 Å². The van der Waals surface area contributed by atoms with Crippen LogP contribution in [0.15, 0.2) is 59.2 Å². The fraction of sp³-hybridized carbons (Fsp3) is 0.111. The summed E-state index contributed by atoms with van der Waals surface area (Å²) in [6.45, 7) is 1.98. The van der Waals surface area contributed by atoms with Gasteiger partial charge in [0.15, 0.2) is 5.17 Å². The topological polar surface area (TPSA) is 32.7 Å². The van der Waals surface area contributed by atoms with Gasteiger partial charge in [0, 0.05) is 0 Å². The summed E-state index contributed by atoms with van der Waals surface area (Å²) in [7, 11) is 0. The molecule has 1 heterocycles. The van der Waals surface area contributed by atoms with Crippen LogP contribution in [0.5, 0.6) is 0 Å². The zero-order chi connectivity index (χ0) is 17.1. The van der Waals surface area contributed by atoms with Crippen molar-refractivity contribution in [2.45, 2.75) is 6.92 Å². The Bertz CT molecular complexity index is 836. The van der Waals surface area contributed by atoms with Gasteiger partial charge < -0.3 is 0 Å². The number of nitrogens with zero attached hydrogens (tertiary/aromatic N) is 2. The lowest BCUT2D eigenvalue weighted by atomic mass is 10.2. The van der Waals surface area contributed by atoms with Crippen LogP contribution in [0.2, 0.25) is 5.02 Å². The second kappa shape index (κ2) is 7.20. The molecule has 0 fully saturated rings. The van der Waals surface area contributed by atoms with Gasteiger partial charge in [-0.1, -0.05) is 60.6 Å². The molecule has 0 radical (unpaired) electrons. The number of hydrogen-bond donors (Lipinski definition) is 0. The maximum absolute atomic E-state index is 13.4. The molecular formula is C18H14ClFN2OS. The summed E-state index contributed by atoms with van der Waals surface area (Å²) in [5, 5.41) is 0.536. The molecule has 1 aliphatic heterocycles.